The maximum atomic E-state index is 6.26. The minimum absolute atomic E-state index is 0.959. The topological polar surface area (TPSA) is 9.23 Å². The predicted octanol–water partition coefficient (Wildman–Crippen LogP) is 5.88. The third kappa shape index (κ3) is 3.81. The number of benzene rings is 3. The average molecular weight is 302 g/mol. The lowest BCUT2D eigenvalue weighted by atomic mass is 10.0. The van der Waals surface area contributed by atoms with E-state index in [1.54, 1.807) is 0 Å². The molecule has 1 nitrogen and oxygen atoms in total. The van der Waals surface area contributed by atoms with Crippen molar-refractivity contribution in [2.75, 3.05) is 0 Å². The molecule has 0 bridgehead atoms. The van der Waals surface area contributed by atoms with Crippen LogP contribution in [0.1, 0.15) is 22.3 Å². The highest BCUT2D eigenvalue weighted by atomic mass is 16.5. The van der Waals surface area contributed by atoms with Crippen LogP contribution in [-0.2, 0) is 12.8 Å². The van der Waals surface area contributed by atoms with E-state index in [1.807, 2.05) is 6.07 Å². The third-order valence-corrected chi connectivity index (χ3v) is 4.12. The average Bonchev–Trinajstić information content (AvgIpc) is 2.58. The molecule has 0 aliphatic carbocycles. The first kappa shape index (κ1) is 15.4. The number of hydrogen-bond acceptors (Lipinski definition) is 1. The van der Waals surface area contributed by atoms with Crippen LogP contribution in [0.2, 0.25) is 0 Å². The molecular formula is C22H22O. The van der Waals surface area contributed by atoms with Crippen LogP contribution in [0.25, 0.3) is 0 Å². The van der Waals surface area contributed by atoms with Crippen molar-refractivity contribution in [3.05, 3.63) is 95.1 Å². The summed E-state index contributed by atoms with van der Waals surface area (Å²) in [7, 11) is 0. The first-order valence-electron chi connectivity index (χ1n) is 8.10. The van der Waals surface area contributed by atoms with Gasteiger partial charge in [0.25, 0.3) is 0 Å². The summed E-state index contributed by atoms with van der Waals surface area (Å²) in [5, 5.41) is 0. The summed E-state index contributed by atoms with van der Waals surface area (Å²) < 4.78 is 6.26. The molecule has 0 aliphatic heterocycles. The zero-order chi connectivity index (χ0) is 16.1. The smallest absolute Gasteiger partial charge is 0.133 e. The summed E-state index contributed by atoms with van der Waals surface area (Å²) in [6.45, 7) is 4.18. The largest absolute Gasteiger partial charge is 0.457 e. The van der Waals surface area contributed by atoms with Gasteiger partial charge in [0.15, 0.2) is 0 Å². The second-order valence-electron chi connectivity index (χ2n) is 5.92. The van der Waals surface area contributed by atoms with Crippen molar-refractivity contribution in [2.24, 2.45) is 0 Å². The van der Waals surface area contributed by atoms with E-state index in [4.69, 9.17) is 4.74 Å². The molecule has 0 aromatic heterocycles. The van der Waals surface area contributed by atoms with Gasteiger partial charge in [-0.1, -0.05) is 66.7 Å². The molecule has 1 heteroatoms. The Kier molecular flexibility index (Phi) is 4.77. The van der Waals surface area contributed by atoms with Gasteiger partial charge in [-0.25, -0.2) is 0 Å². The first-order valence-corrected chi connectivity index (χ1v) is 8.10. The Labute approximate surface area is 138 Å². The predicted molar refractivity (Wildman–Crippen MR) is 96.3 cm³/mol. The van der Waals surface area contributed by atoms with Crippen LogP contribution in [0.3, 0.4) is 0 Å². The zero-order valence-corrected chi connectivity index (χ0v) is 13.8. The lowest BCUT2D eigenvalue weighted by Gasteiger charge is -2.15. The second kappa shape index (κ2) is 7.15. The van der Waals surface area contributed by atoms with E-state index in [9.17, 15) is 0 Å². The van der Waals surface area contributed by atoms with Gasteiger partial charge in [-0.3, -0.25) is 0 Å². The quantitative estimate of drug-likeness (QED) is 0.571. The van der Waals surface area contributed by atoms with Gasteiger partial charge >= 0.3 is 0 Å². The van der Waals surface area contributed by atoms with Crippen LogP contribution in [0.4, 0.5) is 0 Å². The molecule has 23 heavy (non-hydrogen) atoms. The molecule has 0 N–H and O–H groups in total. The highest BCUT2D eigenvalue weighted by molar-refractivity contribution is 5.45. The van der Waals surface area contributed by atoms with Gasteiger partial charge in [0, 0.05) is 0 Å². The Hall–Kier alpha value is -2.54. The highest BCUT2D eigenvalue weighted by Crippen LogP contribution is 2.31. The Morgan fingerprint density at radius 1 is 0.652 bits per heavy atom. The highest BCUT2D eigenvalue weighted by Gasteiger charge is 2.08. The van der Waals surface area contributed by atoms with Crippen molar-refractivity contribution < 1.29 is 4.74 Å². The molecule has 0 fully saturated rings. The van der Waals surface area contributed by atoms with Crippen LogP contribution >= 0.6 is 0 Å². The summed E-state index contributed by atoms with van der Waals surface area (Å²) in [6, 6.07) is 25.2. The second-order valence-corrected chi connectivity index (χ2v) is 5.92. The molecule has 0 heterocycles. The normalized spacial score (nSPS) is 10.5. The Morgan fingerprint density at radius 3 is 2.04 bits per heavy atom. The molecule has 0 saturated heterocycles. The zero-order valence-electron chi connectivity index (χ0n) is 13.8. The van der Waals surface area contributed by atoms with Gasteiger partial charge in [-0.05, 0) is 55.0 Å². The molecule has 116 valence electrons. The van der Waals surface area contributed by atoms with Gasteiger partial charge in [-0.15, -0.1) is 0 Å². The SMILES string of the molecule is Cc1cccc(C)c1Oc1ccccc1CCc1ccccc1. The molecule has 0 radical (unpaired) electrons. The minimum atomic E-state index is 0.959. The Morgan fingerprint density at radius 2 is 1.30 bits per heavy atom. The number of rotatable bonds is 5. The Bertz CT molecular complexity index is 755. The summed E-state index contributed by atoms with van der Waals surface area (Å²) in [4.78, 5) is 0. The molecular weight excluding hydrogens is 280 g/mol. The van der Waals surface area contributed by atoms with E-state index in [0.29, 0.717) is 0 Å². The molecule has 0 amide bonds. The van der Waals surface area contributed by atoms with Crippen molar-refractivity contribution in [3.8, 4) is 11.5 Å². The molecule has 0 aliphatic rings. The van der Waals surface area contributed by atoms with Gasteiger partial charge in [0.1, 0.15) is 11.5 Å². The molecule has 0 saturated carbocycles. The third-order valence-electron chi connectivity index (χ3n) is 4.12. The number of hydrogen-bond donors (Lipinski definition) is 0. The lowest BCUT2D eigenvalue weighted by Crippen LogP contribution is -1.97. The fourth-order valence-corrected chi connectivity index (χ4v) is 2.80. The van der Waals surface area contributed by atoms with Crippen LogP contribution in [0.15, 0.2) is 72.8 Å². The number of para-hydroxylation sites is 2. The lowest BCUT2D eigenvalue weighted by molar-refractivity contribution is 0.468. The number of aryl methyl sites for hydroxylation is 4. The maximum absolute atomic E-state index is 6.26. The molecule has 3 aromatic carbocycles. The molecule has 0 atom stereocenters. The van der Waals surface area contributed by atoms with Gasteiger partial charge in [0.05, 0.1) is 0 Å². The fraction of sp³-hybridized carbons (Fsp3) is 0.182. The van der Waals surface area contributed by atoms with Crippen LogP contribution in [0.5, 0.6) is 11.5 Å². The Balaban J connectivity index is 1.81. The van der Waals surface area contributed by atoms with E-state index < -0.39 is 0 Å². The van der Waals surface area contributed by atoms with Crippen molar-refractivity contribution in [1.82, 2.24) is 0 Å². The number of ether oxygens (including phenoxy) is 1. The van der Waals surface area contributed by atoms with E-state index >= 15 is 0 Å². The van der Waals surface area contributed by atoms with E-state index in [2.05, 4.69) is 80.6 Å². The van der Waals surface area contributed by atoms with Crippen LogP contribution in [-0.4, -0.2) is 0 Å². The van der Waals surface area contributed by atoms with Gasteiger partial charge in [-0.2, -0.15) is 0 Å². The van der Waals surface area contributed by atoms with Crippen molar-refractivity contribution in [3.63, 3.8) is 0 Å². The molecule has 3 aromatic rings. The summed E-state index contributed by atoms with van der Waals surface area (Å²) in [5.41, 5.74) is 4.94. The van der Waals surface area contributed by atoms with Crippen molar-refractivity contribution >= 4 is 0 Å². The molecule has 0 spiro atoms. The fourth-order valence-electron chi connectivity index (χ4n) is 2.80. The van der Waals surface area contributed by atoms with Gasteiger partial charge < -0.3 is 4.74 Å². The minimum Gasteiger partial charge on any atom is -0.457 e. The monoisotopic (exact) mass is 302 g/mol. The van der Waals surface area contributed by atoms with Crippen molar-refractivity contribution in [2.45, 2.75) is 26.7 Å². The van der Waals surface area contributed by atoms with E-state index in [1.165, 1.54) is 22.3 Å². The molecule has 0 unspecified atom stereocenters. The van der Waals surface area contributed by atoms with E-state index in [0.717, 1.165) is 24.3 Å². The van der Waals surface area contributed by atoms with Gasteiger partial charge in [0.2, 0.25) is 0 Å². The van der Waals surface area contributed by atoms with Crippen LogP contribution < -0.4 is 4.74 Å². The van der Waals surface area contributed by atoms with Crippen molar-refractivity contribution in [1.29, 1.82) is 0 Å². The van der Waals surface area contributed by atoms with Crippen LogP contribution in [0, 0.1) is 13.8 Å². The summed E-state index contributed by atoms with van der Waals surface area (Å²) in [6.07, 6.45) is 2.00. The summed E-state index contributed by atoms with van der Waals surface area (Å²) >= 11 is 0. The standard InChI is InChI=1S/C22H22O/c1-17-9-8-10-18(2)22(17)23-21-14-7-6-13-20(21)16-15-19-11-4-3-5-12-19/h3-14H,15-16H2,1-2H3. The molecule has 3 rings (SSSR count). The summed E-state index contributed by atoms with van der Waals surface area (Å²) in [5.74, 6) is 1.93. The first-order chi connectivity index (χ1) is 11.2. The maximum Gasteiger partial charge on any atom is 0.133 e. The van der Waals surface area contributed by atoms with E-state index in [-0.39, 0.29) is 0 Å².